The lowest BCUT2D eigenvalue weighted by Gasteiger charge is -2.26. The van der Waals surface area contributed by atoms with Crippen molar-refractivity contribution >= 4 is 0 Å². The quantitative estimate of drug-likeness (QED) is 0.844. The predicted octanol–water partition coefficient (Wildman–Crippen LogP) is 3.71. The Morgan fingerprint density at radius 1 is 1.00 bits per heavy atom. The third-order valence-corrected chi connectivity index (χ3v) is 3.06. The smallest absolute Gasteiger partial charge is 0.232 e. The molecule has 3 heteroatoms. The van der Waals surface area contributed by atoms with Crippen LogP contribution in [-0.4, -0.2) is 0 Å². The van der Waals surface area contributed by atoms with E-state index in [0.29, 0.717) is 11.3 Å². The maximum atomic E-state index is 9.57. The summed E-state index contributed by atoms with van der Waals surface area (Å²) in [6, 6.07) is 20.8. The molecular weight excluding hydrogens is 248 g/mol. The van der Waals surface area contributed by atoms with Crippen molar-refractivity contribution in [2.24, 2.45) is 0 Å². The van der Waals surface area contributed by atoms with Crippen LogP contribution in [0.25, 0.3) is 0 Å². The van der Waals surface area contributed by atoms with E-state index in [1.165, 1.54) is 0 Å². The summed E-state index contributed by atoms with van der Waals surface area (Å²) >= 11 is 0. The van der Waals surface area contributed by atoms with Gasteiger partial charge in [0, 0.05) is 5.56 Å². The van der Waals surface area contributed by atoms with Gasteiger partial charge in [-0.1, -0.05) is 48.0 Å². The highest BCUT2D eigenvalue weighted by atomic mass is 16.5. The molecule has 0 saturated carbocycles. The van der Waals surface area contributed by atoms with Crippen molar-refractivity contribution in [3.05, 3.63) is 65.7 Å². The average Bonchev–Trinajstić information content (AvgIpc) is 2.48. The first-order valence-electron chi connectivity index (χ1n) is 6.29. The van der Waals surface area contributed by atoms with Crippen LogP contribution >= 0.6 is 0 Å². The zero-order valence-corrected chi connectivity index (χ0v) is 11.2. The van der Waals surface area contributed by atoms with Gasteiger partial charge in [-0.2, -0.15) is 10.5 Å². The molecule has 0 aromatic heterocycles. The van der Waals surface area contributed by atoms with Gasteiger partial charge in [-0.25, -0.2) is 0 Å². The van der Waals surface area contributed by atoms with Gasteiger partial charge in [0.2, 0.25) is 5.60 Å². The molecule has 0 aliphatic heterocycles. The van der Waals surface area contributed by atoms with Crippen LogP contribution in [0.2, 0.25) is 0 Å². The fourth-order valence-corrected chi connectivity index (χ4v) is 1.95. The van der Waals surface area contributed by atoms with Gasteiger partial charge in [0.1, 0.15) is 11.8 Å². The van der Waals surface area contributed by atoms with Crippen LogP contribution in [0, 0.1) is 29.6 Å². The molecule has 1 atom stereocenters. The summed E-state index contributed by atoms with van der Waals surface area (Å²) in [5, 5.41) is 18.6. The Kier molecular flexibility index (Phi) is 4.03. The summed E-state index contributed by atoms with van der Waals surface area (Å²) in [5.74, 6) is 0.574. The molecule has 0 fully saturated rings. The molecule has 2 aromatic rings. The first-order valence-corrected chi connectivity index (χ1v) is 6.29. The largest absolute Gasteiger partial charge is 0.467 e. The highest BCUT2D eigenvalue weighted by molar-refractivity contribution is 5.35. The minimum Gasteiger partial charge on any atom is -0.467 e. The third-order valence-electron chi connectivity index (χ3n) is 3.06. The van der Waals surface area contributed by atoms with Gasteiger partial charge in [0.15, 0.2) is 0 Å². The third kappa shape index (κ3) is 2.79. The second-order valence-electron chi connectivity index (χ2n) is 4.55. The van der Waals surface area contributed by atoms with Gasteiger partial charge in [-0.3, -0.25) is 0 Å². The maximum Gasteiger partial charge on any atom is 0.232 e. The van der Waals surface area contributed by atoms with Crippen LogP contribution < -0.4 is 4.74 Å². The van der Waals surface area contributed by atoms with Crippen LogP contribution in [0.4, 0.5) is 0 Å². The van der Waals surface area contributed by atoms with Crippen molar-refractivity contribution < 1.29 is 4.74 Å². The molecule has 3 nitrogen and oxygen atoms in total. The number of rotatable bonds is 4. The molecule has 0 amide bonds. The number of nitrogens with zero attached hydrogens (tertiary/aromatic N) is 2. The zero-order valence-electron chi connectivity index (χ0n) is 11.2. The second kappa shape index (κ2) is 5.91. The van der Waals surface area contributed by atoms with Gasteiger partial charge in [-0.15, -0.1) is 0 Å². The van der Waals surface area contributed by atoms with E-state index in [1.54, 1.807) is 12.1 Å². The molecular formula is C17H14N2O. The maximum absolute atomic E-state index is 9.57. The van der Waals surface area contributed by atoms with Crippen molar-refractivity contribution in [2.75, 3.05) is 0 Å². The van der Waals surface area contributed by atoms with Crippen molar-refractivity contribution in [2.45, 2.75) is 18.9 Å². The predicted molar refractivity (Wildman–Crippen MR) is 75.8 cm³/mol. The van der Waals surface area contributed by atoms with Crippen molar-refractivity contribution in [1.29, 1.82) is 10.5 Å². The van der Waals surface area contributed by atoms with Crippen molar-refractivity contribution in [3.63, 3.8) is 0 Å². The van der Waals surface area contributed by atoms with E-state index in [-0.39, 0.29) is 6.42 Å². The molecule has 2 aromatic carbocycles. The number of para-hydroxylation sites is 1. The second-order valence-corrected chi connectivity index (χ2v) is 4.55. The minimum atomic E-state index is -1.27. The van der Waals surface area contributed by atoms with E-state index in [4.69, 9.17) is 10.00 Å². The number of hydrogen-bond acceptors (Lipinski definition) is 3. The molecule has 0 aliphatic rings. The molecule has 0 heterocycles. The molecule has 0 aliphatic carbocycles. The number of hydrogen-bond donors (Lipinski definition) is 0. The van der Waals surface area contributed by atoms with Crippen LogP contribution in [-0.2, 0) is 5.60 Å². The summed E-state index contributed by atoms with van der Waals surface area (Å²) < 4.78 is 5.83. The molecule has 0 radical (unpaired) electrons. The van der Waals surface area contributed by atoms with E-state index in [2.05, 4.69) is 6.07 Å². The first kappa shape index (κ1) is 13.6. The number of nitriles is 2. The van der Waals surface area contributed by atoms with E-state index in [1.807, 2.05) is 55.5 Å². The Morgan fingerprint density at radius 2 is 1.65 bits per heavy atom. The highest BCUT2D eigenvalue weighted by Gasteiger charge is 2.35. The van der Waals surface area contributed by atoms with Crippen molar-refractivity contribution in [3.8, 4) is 17.9 Å². The van der Waals surface area contributed by atoms with Crippen LogP contribution in [0.5, 0.6) is 5.75 Å². The van der Waals surface area contributed by atoms with Gasteiger partial charge in [0.25, 0.3) is 0 Å². The average molecular weight is 262 g/mol. The lowest BCUT2D eigenvalue weighted by molar-refractivity contribution is 0.133. The highest BCUT2D eigenvalue weighted by Crippen LogP contribution is 2.31. The van der Waals surface area contributed by atoms with E-state index in [9.17, 15) is 5.26 Å². The molecule has 0 N–H and O–H groups in total. The monoisotopic (exact) mass is 262 g/mol. The molecule has 0 saturated heterocycles. The Hall–Kier alpha value is -2.78. The fourth-order valence-electron chi connectivity index (χ4n) is 1.95. The summed E-state index contributed by atoms with van der Waals surface area (Å²) in [6.07, 6.45) is -0.0263. The molecule has 1 unspecified atom stereocenters. The Morgan fingerprint density at radius 3 is 2.20 bits per heavy atom. The fraction of sp³-hybridized carbons (Fsp3) is 0.176. The lowest BCUT2D eigenvalue weighted by Crippen LogP contribution is -2.31. The van der Waals surface area contributed by atoms with E-state index < -0.39 is 5.60 Å². The molecule has 2 rings (SSSR count). The summed E-state index contributed by atoms with van der Waals surface area (Å²) in [6.45, 7) is 1.97. The van der Waals surface area contributed by atoms with Gasteiger partial charge < -0.3 is 4.74 Å². The SMILES string of the molecule is Cc1ccc(C(C#N)(CC#N)Oc2ccccc2)cc1. The topological polar surface area (TPSA) is 56.8 Å². The summed E-state index contributed by atoms with van der Waals surface area (Å²) in [7, 11) is 0. The van der Waals surface area contributed by atoms with E-state index >= 15 is 0 Å². The number of aryl methyl sites for hydroxylation is 1. The number of ether oxygens (including phenoxy) is 1. The van der Waals surface area contributed by atoms with Gasteiger partial charge >= 0.3 is 0 Å². The summed E-state index contributed by atoms with van der Waals surface area (Å²) in [4.78, 5) is 0. The van der Waals surface area contributed by atoms with E-state index in [0.717, 1.165) is 5.56 Å². The first-order chi connectivity index (χ1) is 9.70. The Labute approximate surface area is 118 Å². The van der Waals surface area contributed by atoms with Crippen LogP contribution in [0.1, 0.15) is 17.5 Å². The molecule has 98 valence electrons. The Bertz CT molecular complexity index is 650. The van der Waals surface area contributed by atoms with Crippen LogP contribution in [0.3, 0.4) is 0 Å². The molecule has 0 spiro atoms. The molecule has 0 bridgehead atoms. The van der Waals surface area contributed by atoms with Gasteiger partial charge in [-0.05, 0) is 19.1 Å². The van der Waals surface area contributed by atoms with Crippen LogP contribution in [0.15, 0.2) is 54.6 Å². The van der Waals surface area contributed by atoms with Crippen molar-refractivity contribution in [1.82, 2.24) is 0 Å². The van der Waals surface area contributed by atoms with Gasteiger partial charge in [0.05, 0.1) is 12.5 Å². The summed E-state index contributed by atoms with van der Waals surface area (Å²) in [5.41, 5.74) is 0.511. The standard InChI is InChI=1S/C17H14N2O/c1-14-7-9-15(10-8-14)17(13-19,11-12-18)20-16-5-3-2-4-6-16/h2-10H,11H2,1H3. The minimum absolute atomic E-state index is 0.0263. The lowest BCUT2D eigenvalue weighted by atomic mass is 9.91. The zero-order chi connectivity index (χ0) is 14.4. The Balaban J connectivity index is 2.43. The normalized spacial score (nSPS) is 12.8. The molecule has 20 heavy (non-hydrogen) atoms. The number of benzene rings is 2.